The van der Waals surface area contributed by atoms with Gasteiger partial charge in [-0.25, -0.2) is 14.0 Å². The summed E-state index contributed by atoms with van der Waals surface area (Å²) in [5.74, 6) is 0. The molecule has 0 amide bonds. The van der Waals surface area contributed by atoms with Crippen molar-refractivity contribution in [3.05, 3.63) is 35.7 Å². The van der Waals surface area contributed by atoms with Crippen molar-refractivity contribution in [1.82, 2.24) is 59.7 Å². The summed E-state index contributed by atoms with van der Waals surface area (Å²) in [4.78, 5) is 7.45. The van der Waals surface area contributed by atoms with Gasteiger partial charge >= 0.3 is 0 Å². The summed E-state index contributed by atoms with van der Waals surface area (Å²) in [5.41, 5.74) is 3.04. The molecule has 12 nitrogen and oxygen atoms in total. The van der Waals surface area contributed by atoms with Gasteiger partial charge in [-0.05, 0) is 41.5 Å². The maximum Gasteiger partial charge on any atom is 0.0967 e. The Labute approximate surface area is 221 Å². The molecule has 0 aliphatic carbocycles. The molecule has 1 fully saturated rings. The van der Waals surface area contributed by atoms with Crippen LogP contribution in [0.3, 0.4) is 0 Å². The highest BCUT2D eigenvalue weighted by Gasteiger charge is 2.20. The number of nitrogens with zero attached hydrogens (tertiary/aromatic N) is 12. The molecular formula is C25H46N12. The molecule has 1 saturated heterocycles. The van der Waals surface area contributed by atoms with Gasteiger partial charge in [0.05, 0.1) is 35.7 Å². The van der Waals surface area contributed by atoms with E-state index < -0.39 is 0 Å². The third kappa shape index (κ3) is 8.14. The predicted molar refractivity (Wildman–Crippen MR) is 144 cm³/mol. The third-order valence-electron chi connectivity index (χ3n) is 6.61. The molecule has 37 heavy (non-hydrogen) atoms. The van der Waals surface area contributed by atoms with E-state index >= 15 is 0 Å². The van der Waals surface area contributed by atoms with Crippen LogP contribution >= 0.6 is 0 Å². The van der Waals surface area contributed by atoms with Crippen molar-refractivity contribution in [3.63, 3.8) is 0 Å². The van der Waals surface area contributed by atoms with Crippen LogP contribution in [0.5, 0.6) is 0 Å². The molecule has 0 saturated carbocycles. The summed E-state index contributed by atoms with van der Waals surface area (Å²) >= 11 is 0. The molecule has 0 radical (unpaired) electrons. The van der Waals surface area contributed by atoms with E-state index in [1.165, 1.54) is 0 Å². The number of rotatable bonds is 9. The van der Waals surface area contributed by atoms with Crippen molar-refractivity contribution in [3.8, 4) is 0 Å². The Morgan fingerprint density at radius 2 is 0.757 bits per heavy atom. The Morgan fingerprint density at radius 3 is 0.946 bits per heavy atom. The van der Waals surface area contributed by atoms with Crippen LogP contribution in [0.4, 0.5) is 0 Å². The molecule has 12 heteroatoms. The fraction of sp³-hybridized carbons (Fsp3) is 0.760. The maximum absolute atomic E-state index is 4.42. The average molecular weight is 515 g/mol. The maximum atomic E-state index is 4.42. The molecular weight excluding hydrogens is 468 g/mol. The zero-order valence-corrected chi connectivity index (χ0v) is 22.7. The molecule has 0 bridgehead atoms. The van der Waals surface area contributed by atoms with E-state index in [9.17, 15) is 0 Å². The minimum absolute atomic E-state index is 0. The van der Waals surface area contributed by atoms with E-state index in [0.717, 1.165) is 76.0 Å². The van der Waals surface area contributed by atoms with Crippen LogP contribution in [-0.4, -0.2) is 98.9 Å². The van der Waals surface area contributed by atoms with E-state index in [4.69, 9.17) is 0 Å². The average Bonchev–Trinajstić information content (AvgIpc) is 3.59. The molecule has 206 valence electrons. The Bertz CT molecular complexity index is 920. The molecule has 3 aromatic rings. The lowest BCUT2D eigenvalue weighted by Crippen LogP contribution is -2.35. The quantitative estimate of drug-likeness (QED) is 0.426. The summed E-state index contributed by atoms with van der Waals surface area (Å²) in [6.45, 7) is 20.9. The van der Waals surface area contributed by atoms with Crippen LogP contribution in [-0.2, 0) is 19.6 Å². The standard InChI is InChI=1S/C24H42N12.CH4/c1-19(2)34-16-22(25-28-34)13-31-7-9-32(14-23-17-35(20(3)4)29-26-23)11-12-33(10-8-31)15-24-18-36(21(5)6)30-27-24;/h16-21H,7-15H2,1-6H3;1H4. The van der Waals surface area contributed by atoms with Gasteiger partial charge in [0.25, 0.3) is 0 Å². The van der Waals surface area contributed by atoms with E-state index in [1.54, 1.807) is 0 Å². The second-order valence-corrected chi connectivity index (χ2v) is 10.7. The SMILES string of the molecule is C.CC(C)n1cc(CN2CCN(Cc3cn(C(C)C)nn3)CCN(Cc3cn(C(C)C)nn3)CC2)nn1. The van der Waals surface area contributed by atoms with Gasteiger partial charge in [0, 0.05) is 77.0 Å². The second kappa shape index (κ2) is 13.2. The Balaban J connectivity index is 0.00000380. The molecule has 0 N–H and O–H groups in total. The van der Waals surface area contributed by atoms with Gasteiger partial charge in [-0.2, -0.15) is 0 Å². The normalized spacial score (nSPS) is 16.8. The van der Waals surface area contributed by atoms with Gasteiger partial charge in [0.2, 0.25) is 0 Å². The van der Waals surface area contributed by atoms with Crippen molar-refractivity contribution >= 4 is 0 Å². The Hall–Kier alpha value is -2.70. The Kier molecular flexibility index (Phi) is 10.3. The first-order chi connectivity index (χ1) is 17.3. The monoisotopic (exact) mass is 514 g/mol. The van der Waals surface area contributed by atoms with Gasteiger partial charge in [0.15, 0.2) is 0 Å². The Morgan fingerprint density at radius 1 is 0.514 bits per heavy atom. The first-order valence-electron chi connectivity index (χ1n) is 13.2. The largest absolute Gasteiger partial charge is 0.295 e. The molecule has 0 aromatic carbocycles. The van der Waals surface area contributed by atoms with E-state index in [1.807, 2.05) is 14.0 Å². The molecule has 4 rings (SSSR count). The molecule has 0 atom stereocenters. The van der Waals surface area contributed by atoms with Gasteiger partial charge in [0.1, 0.15) is 0 Å². The first-order valence-corrected chi connectivity index (χ1v) is 13.2. The van der Waals surface area contributed by atoms with Gasteiger partial charge in [-0.15, -0.1) is 15.3 Å². The molecule has 1 aliphatic heterocycles. The van der Waals surface area contributed by atoms with E-state index in [0.29, 0.717) is 18.1 Å². The van der Waals surface area contributed by atoms with Crippen molar-refractivity contribution in [2.75, 3.05) is 39.3 Å². The molecule has 3 aromatic heterocycles. The van der Waals surface area contributed by atoms with Gasteiger partial charge in [-0.1, -0.05) is 23.1 Å². The molecule has 0 unspecified atom stereocenters. The van der Waals surface area contributed by atoms with Crippen molar-refractivity contribution in [1.29, 1.82) is 0 Å². The topological polar surface area (TPSA) is 102 Å². The van der Waals surface area contributed by atoms with Crippen molar-refractivity contribution in [2.45, 2.75) is 86.7 Å². The number of hydrogen-bond donors (Lipinski definition) is 0. The van der Waals surface area contributed by atoms with E-state index in [-0.39, 0.29) is 7.43 Å². The summed E-state index contributed by atoms with van der Waals surface area (Å²) in [5, 5.41) is 26.2. The predicted octanol–water partition coefficient (Wildman–Crippen LogP) is 2.66. The highest BCUT2D eigenvalue weighted by molar-refractivity contribution is 4.97. The lowest BCUT2D eigenvalue weighted by molar-refractivity contribution is 0.206. The minimum atomic E-state index is 0. The number of hydrogen-bond acceptors (Lipinski definition) is 9. The second-order valence-electron chi connectivity index (χ2n) is 10.7. The minimum Gasteiger partial charge on any atom is -0.295 e. The number of aromatic nitrogens is 9. The zero-order chi connectivity index (χ0) is 25.7. The fourth-order valence-corrected chi connectivity index (χ4v) is 4.26. The summed E-state index contributed by atoms with van der Waals surface area (Å²) < 4.78 is 5.79. The highest BCUT2D eigenvalue weighted by Crippen LogP contribution is 2.12. The smallest absolute Gasteiger partial charge is 0.0967 e. The molecule has 0 spiro atoms. The lowest BCUT2D eigenvalue weighted by Gasteiger charge is -2.24. The summed E-state index contributed by atoms with van der Waals surface area (Å²) in [6.07, 6.45) is 6.21. The van der Waals surface area contributed by atoms with Crippen LogP contribution in [0.15, 0.2) is 18.6 Å². The molecule has 1 aliphatic rings. The van der Waals surface area contributed by atoms with Crippen LogP contribution in [0.1, 0.15) is 84.2 Å². The van der Waals surface area contributed by atoms with Crippen molar-refractivity contribution < 1.29 is 0 Å². The van der Waals surface area contributed by atoms with Gasteiger partial charge < -0.3 is 0 Å². The third-order valence-corrected chi connectivity index (χ3v) is 6.61. The zero-order valence-electron chi connectivity index (χ0n) is 22.7. The first kappa shape index (κ1) is 28.9. The fourth-order valence-electron chi connectivity index (χ4n) is 4.26. The summed E-state index contributed by atoms with van der Waals surface area (Å²) in [7, 11) is 0. The van der Waals surface area contributed by atoms with Crippen molar-refractivity contribution in [2.24, 2.45) is 0 Å². The van der Waals surface area contributed by atoms with E-state index in [2.05, 4.69) is 106 Å². The van der Waals surface area contributed by atoms with Crippen LogP contribution in [0, 0.1) is 0 Å². The molecule has 4 heterocycles. The highest BCUT2D eigenvalue weighted by atomic mass is 15.5. The summed E-state index contributed by atoms with van der Waals surface area (Å²) in [6, 6.07) is 0.934. The van der Waals surface area contributed by atoms with Gasteiger partial charge in [-0.3, -0.25) is 14.7 Å². The van der Waals surface area contributed by atoms with Crippen LogP contribution in [0.2, 0.25) is 0 Å². The van der Waals surface area contributed by atoms with Crippen LogP contribution in [0.25, 0.3) is 0 Å². The van der Waals surface area contributed by atoms with Crippen LogP contribution < -0.4 is 0 Å². The lowest BCUT2D eigenvalue weighted by atomic mass is 10.3.